The molecule has 1 saturated heterocycles. The minimum Gasteiger partial charge on any atom is -0.468 e. The fourth-order valence-corrected chi connectivity index (χ4v) is 4.09. The maximum absolute atomic E-state index is 13.0. The number of likely N-dealkylation sites (N-methyl/N-ethyl adjacent to an activating group) is 1. The summed E-state index contributed by atoms with van der Waals surface area (Å²) in [5, 5.41) is 4.15. The summed E-state index contributed by atoms with van der Waals surface area (Å²) in [7, 11) is 3.76. The van der Waals surface area contributed by atoms with Crippen molar-refractivity contribution in [1.29, 1.82) is 0 Å². The summed E-state index contributed by atoms with van der Waals surface area (Å²) in [5.74, 6) is 0.405. The van der Waals surface area contributed by atoms with Crippen molar-refractivity contribution in [3.63, 3.8) is 0 Å². The van der Waals surface area contributed by atoms with Crippen LogP contribution in [0.4, 0.5) is 5.69 Å². The molecule has 6 nitrogen and oxygen atoms in total. The second kappa shape index (κ2) is 9.79. The molecule has 2 heterocycles. The van der Waals surface area contributed by atoms with E-state index < -0.39 is 0 Å². The number of hydrogen-bond acceptors (Lipinski definition) is 5. The van der Waals surface area contributed by atoms with Crippen LogP contribution < -0.4 is 10.1 Å². The molecule has 1 fully saturated rings. The first kappa shape index (κ1) is 21.1. The number of nitrogens with one attached hydrogen (secondary N) is 1. The number of carbonyl (C=O) groups is 1. The van der Waals surface area contributed by atoms with Crippen LogP contribution in [-0.4, -0.2) is 61.0 Å². The number of carbonyl (C=O) groups excluding carboxylic acids is 1. The smallest absolute Gasteiger partial charge is 0.260 e. The Balaban J connectivity index is 1.43. The number of rotatable bonds is 8. The van der Waals surface area contributed by atoms with Crippen molar-refractivity contribution in [3.05, 3.63) is 66.2 Å². The quantitative estimate of drug-likeness (QED) is 0.600. The average molecular weight is 419 g/mol. The van der Waals surface area contributed by atoms with Gasteiger partial charge in [0.25, 0.3) is 5.91 Å². The Morgan fingerprint density at radius 3 is 2.65 bits per heavy atom. The highest BCUT2D eigenvalue weighted by Gasteiger charge is 2.25. The highest BCUT2D eigenvalue weighted by Crippen LogP contribution is 2.24. The molecule has 0 spiro atoms. The monoisotopic (exact) mass is 418 g/mol. The normalized spacial score (nSPS) is 15.0. The lowest BCUT2D eigenvalue weighted by Gasteiger charge is -2.32. The van der Waals surface area contributed by atoms with Gasteiger partial charge in [-0.25, -0.2) is 4.98 Å². The van der Waals surface area contributed by atoms with Crippen molar-refractivity contribution in [2.45, 2.75) is 18.9 Å². The molecule has 31 heavy (non-hydrogen) atoms. The highest BCUT2D eigenvalue weighted by molar-refractivity contribution is 5.83. The van der Waals surface area contributed by atoms with Crippen molar-refractivity contribution in [2.75, 3.05) is 45.7 Å². The van der Waals surface area contributed by atoms with E-state index >= 15 is 0 Å². The van der Waals surface area contributed by atoms with E-state index in [9.17, 15) is 4.79 Å². The summed E-state index contributed by atoms with van der Waals surface area (Å²) in [6, 6.07) is 20.0. The van der Waals surface area contributed by atoms with Gasteiger partial charge in [0.05, 0.1) is 11.6 Å². The summed E-state index contributed by atoms with van der Waals surface area (Å²) in [6.45, 7) is 3.00. The van der Waals surface area contributed by atoms with Crippen LogP contribution in [-0.2, 0) is 4.79 Å². The first-order valence-corrected chi connectivity index (χ1v) is 10.9. The maximum Gasteiger partial charge on any atom is 0.260 e. The lowest BCUT2D eigenvalue weighted by Crippen LogP contribution is -2.40. The van der Waals surface area contributed by atoms with E-state index in [4.69, 9.17) is 4.74 Å². The lowest BCUT2D eigenvalue weighted by molar-refractivity contribution is -0.134. The maximum atomic E-state index is 13.0. The molecule has 0 radical (unpaired) electrons. The number of ether oxygens (including phenoxy) is 1. The second-order valence-electron chi connectivity index (χ2n) is 8.03. The summed E-state index contributed by atoms with van der Waals surface area (Å²) < 4.78 is 5.78. The summed E-state index contributed by atoms with van der Waals surface area (Å²) in [5.41, 5.74) is 3.02. The van der Waals surface area contributed by atoms with E-state index in [0.29, 0.717) is 5.88 Å². The third-order valence-electron chi connectivity index (χ3n) is 5.97. The van der Waals surface area contributed by atoms with Gasteiger partial charge < -0.3 is 19.9 Å². The molecule has 1 aromatic heterocycles. The average Bonchev–Trinajstić information content (AvgIpc) is 3.34. The molecule has 2 aromatic carbocycles. The van der Waals surface area contributed by atoms with Gasteiger partial charge in [-0.2, -0.15) is 0 Å². The standard InChI is InChI=1S/C25H30N4O2/c1-26-21-11-12-22-20(16-21)10-13-24(27-22)31-18-25(30)28(2)23(17-29-14-6-7-15-29)19-8-4-3-5-9-19/h3-5,8-13,16,23,26H,6-7,14-15,17-18H2,1-2H3. The van der Waals surface area contributed by atoms with Crippen LogP contribution in [0.3, 0.4) is 0 Å². The predicted molar refractivity (Wildman–Crippen MR) is 124 cm³/mol. The van der Waals surface area contributed by atoms with Crippen LogP contribution in [0.1, 0.15) is 24.4 Å². The molecule has 162 valence electrons. The van der Waals surface area contributed by atoms with Gasteiger partial charge in [0.2, 0.25) is 5.88 Å². The molecule has 1 aliphatic rings. The lowest BCUT2D eigenvalue weighted by atomic mass is 10.0. The molecule has 0 bridgehead atoms. The zero-order valence-corrected chi connectivity index (χ0v) is 18.3. The minimum atomic E-state index is -0.0551. The number of pyridine rings is 1. The molecule has 1 atom stereocenters. The Morgan fingerprint density at radius 1 is 1.13 bits per heavy atom. The van der Waals surface area contributed by atoms with Gasteiger partial charge in [-0.05, 0) is 55.8 Å². The van der Waals surface area contributed by atoms with Crippen molar-refractivity contribution in [3.8, 4) is 5.88 Å². The van der Waals surface area contributed by atoms with Crippen LogP contribution in [0.2, 0.25) is 0 Å². The van der Waals surface area contributed by atoms with E-state index in [1.54, 1.807) is 0 Å². The van der Waals surface area contributed by atoms with E-state index in [1.165, 1.54) is 12.8 Å². The van der Waals surface area contributed by atoms with Crippen molar-refractivity contribution in [1.82, 2.24) is 14.8 Å². The Morgan fingerprint density at radius 2 is 1.90 bits per heavy atom. The fraction of sp³-hybridized carbons (Fsp3) is 0.360. The first-order chi connectivity index (χ1) is 15.1. The van der Waals surface area contributed by atoms with Crippen LogP contribution in [0.25, 0.3) is 10.9 Å². The number of aromatic nitrogens is 1. The fourth-order valence-electron chi connectivity index (χ4n) is 4.09. The minimum absolute atomic E-state index is 0.0000671. The van der Waals surface area contributed by atoms with Crippen LogP contribution in [0, 0.1) is 0 Å². The van der Waals surface area contributed by atoms with Crippen LogP contribution >= 0.6 is 0 Å². The SMILES string of the molecule is CNc1ccc2nc(OCC(=O)N(C)C(CN3CCCC3)c3ccccc3)ccc2c1. The van der Waals surface area contributed by atoms with E-state index in [2.05, 4.69) is 27.3 Å². The summed E-state index contributed by atoms with van der Waals surface area (Å²) in [6.07, 6.45) is 2.46. The molecule has 1 N–H and O–H groups in total. The molecular weight excluding hydrogens is 388 g/mol. The molecule has 1 aliphatic heterocycles. The number of hydrogen-bond donors (Lipinski definition) is 1. The molecular formula is C25H30N4O2. The molecule has 0 aliphatic carbocycles. The van der Waals surface area contributed by atoms with Gasteiger partial charge in [-0.15, -0.1) is 0 Å². The van der Waals surface area contributed by atoms with Crippen molar-refractivity contribution < 1.29 is 9.53 Å². The van der Waals surface area contributed by atoms with Gasteiger partial charge in [0, 0.05) is 37.8 Å². The van der Waals surface area contributed by atoms with E-state index in [0.717, 1.165) is 41.8 Å². The van der Waals surface area contributed by atoms with Gasteiger partial charge in [0.15, 0.2) is 6.61 Å². The number of nitrogens with zero attached hydrogens (tertiary/aromatic N) is 3. The topological polar surface area (TPSA) is 57.7 Å². The number of fused-ring (bicyclic) bond motifs is 1. The summed E-state index contributed by atoms with van der Waals surface area (Å²) in [4.78, 5) is 21.8. The number of likely N-dealkylation sites (tertiary alicyclic amines) is 1. The first-order valence-electron chi connectivity index (χ1n) is 10.9. The van der Waals surface area contributed by atoms with Gasteiger partial charge in [0.1, 0.15) is 0 Å². The Bertz CT molecular complexity index is 1020. The Hall–Kier alpha value is -3.12. The van der Waals surface area contributed by atoms with Crippen molar-refractivity contribution >= 4 is 22.5 Å². The number of benzene rings is 2. The molecule has 4 rings (SSSR count). The highest BCUT2D eigenvalue weighted by atomic mass is 16.5. The third-order valence-corrected chi connectivity index (χ3v) is 5.97. The molecule has 1 amide bonds. The summed E-state index contributed by atoms with van der Waals surface area (Å²) >= 11 is 0. The van der Waals surface area contributed by atoms with E-state index in [-0.39, 0.29) is 18.6 Å². The van der Waals surface area contributed by atoms with Crippen LogP contribution in [0.5, 0.6) is 5.88 Å². The van der Waals surface area contributed by atoms with Gasteiger partial charge in [-0.3, -0.25) is 4.79 Å². The molecule has 6 heteroatoms. The van der Waals surface area contributed by atoms with Crippen molar-refractivity contribution in [2.24, 2.45) is 0 Å². The molecule has 1 unspecified atom stereocenters. The predicted octanol–water partition coefficient (Wildman–Crippen LogP) is 3.95. The zero-order chi connectivity index (χ0) is 21.6. The Kier molecular flexibility index (Phi) is 6.67. The zero-order valence-electron chi connectivity index (χ0n) is 18.3. The largest absolute Gasteiger partial charge is 0.468 e. The molecule has 3 aromatic rings. The number of anilines is 1. The number of amides is 1. The van der Waals surface area contributed by atoms with E-state index in [1.807, 2.05) is 67.5 Å². The van der Waals surface area contributed by atoms with Crippen LogP contribution in [0.15, 0.2) is 60.7 Å². The third kappa shape index (κ3) is 5.14. The second-order valence-corrected chi connectivity index (χ2v) is 8.03. The molecule has 0 saturated carbocycles. The van der Waals surface area contributed by atoms with Gasteiger partial charge in [-0.1, -0.05) is 30.3 Å². The van der Waals surface area contributed by atoms with Gasteiger partial charge >= 0.3 is 0 Å². The Labute approximate surface area is 183 Å².